The molecule has 0 N–H and O–H groups in total. The van der Waals surface area contributed by atoms with Crippen molar-refractivity contribution in [3.05, 3.63) is 23.3 Å². The van der Waals surface area contributed by atoms with Crippen molar-refractivity contribution in [3.8, 4) is 0 Å². The lowest BCUT2D eigenvalue weighted by Crippen LogP contribution is -2.54. The van der Waals surface area contributed by atoms with Crippen LogP contribution in [-0.2, 0) is 14.3 Å². The number of ketones is 1. The van der Waals surface area contributed by atoms with Crippen molar-refractivity contribution >= 4 is 11.8 Å². The van der Waals surface area contributed by atoms with Gasteiger partial charge in [-0.15, -0.1) is 0 Å². The Morgan fingerprint density at radius 2 is 1.80 bits per heavy atom. The van der Waals surface area contributed by atoms with Gasteiger partial charge in [0.1, 0.15) is 6.10 Å². The van der Waals surface area contributed by atoms with Crippen molar-refractivity contribution in [1.29, 1.82) is 0 Å². The summed E-state index contributed by atoms with van der Waals surface area (Å²) in [5, 5.41) is 0. The van der Waals surface area contributed by atoms with Crippen molar-refractivity contribution in [2.24, 2.45) is 45.8 Å². The number of Topliss-reactive ketones (excluding diaryl/α,β-unsaturated/α-hetero) is 1. The highest BCUT2D eigenvalue weighted by Crippen LogP contribution is 2.71. The van der Waals surface area contributed by atoms with Gasteiger partial charge in [0.25, 0.3) is 0 Å². The number of ether oxygens (including phenoxy) is 1. The molecule has 2 fully saturated rings. The molecule has 0 saturated heterocycles. The Hall–Kier alpha value is -1.38. The van der Waals surface area contributed by atoms with Crippen molar-refractivity contribution in [2.45, 2.75) is 119 Å². The highest BCUT2D eigenvalue weighted by Gasteiger charge is 2.64. The molecule has 0 spiro atoms. The first-order valence-corrected chi connectivity index (χ1v) is 14.4. The molecule has 2 saturated carbocycles. The maximum absolute atomic E-state index is 14.1. The fourth-order valence-electron chi connectivity index (χ4n) is 9.33. The number of carbonyl (C=O) groups is 2. The topological polar surface area (TPSA) is 43.4 Å². The maximum Gasteiger partial charge on any atom is 0.302 e. The predicted molar refractivity (Wildman–Crippen MR) is 143 cm³/mol. The summed E-state index contributed by atoms with van der Waals surface area (Å²) in [6.07, 6.45) is 9.39. The molecule has 0 aromatic rings. The Bertz CT molecular complexity index is 927. The summed E-state index contributed by atoms with van der Waals surface area (Å²) in [6, 6.07) is 0. The molecule has 35 heavy (non-hydrogen) atoms. The lowest BCUT2D eigenvalue weighted by molar-refractivity contribution is -0.156. The van der Waals surface area contributed by atoms with Gasteiger partial charge in [-0.2, -0.15) is 0 Å². The summed E-state index contributed by atoms with van der Waals surface area (Å²) in [5.41, 5.74) is 4.15. The number of rotatable bonds is 6. The summed E-state index contributed by atoms with van der Waals surface area (Å²) >= 11 is 0. The van der Waals surface area contributed by atoms with Gasteiger partial charge in [0, 0.05) is 18.9 Å². The Morgan fingerprint density at radius 3 is 2.43 bits per heavy atom. The van der Waals surface area contributed by atoms with Crippen LogP contribution in [0.15, 0.2) is 23.3 Å². The zero-order chi connectivity index (χ0) is 25.9. The molecule has 0 aromatic carbocycles. The van der Waals surface area contributed by atoms with Gasteiger partial charge in [-0.05, 0) is 97.2 Å². The van der Waals surface area contributed by atoms with Crippen LogP contribution in [0.3, 0.4) is 0 Å². The zero-order valence-electron chi connectivity index (χ0n) is 23.8. The Morgan fingerprint density at radius 1 is 1.11 bits per heavy atom. The summed E-state index contributed by atoms with van der Waals surface area (Å²) in [4.78, 5) is 25.8. The van der Waals surface area contributed by atoms with Crippen LogP contribution in [0.4, 0.5) is 0 Å². The fraction of sp³-hybridized carbons (Fsp3) is 0.812. The minimum Gasteiger partial charge on any atom is -0.462 e. The van der Waals surface area contributed by atoms with E-state index in [0.29, 0.717) is 41.8 Å². The van der Waals surface area contributed by atoms with Gasteiger partial charge in [-0.25, -0.2) is 0 Å². The molecule has 4 aliphatic rings. The number of hydrogen-bond donors (Lipinski definition) is 0. The van der Waals surface area contributed by atoms with Crippen LogP contribution in [-0.4, -0.2) is 17.9 Å². The molecule has 0 unspecified atom stereocenters. The maximum atomic E-state index is 14.1. The predicted octanol–water partition coefficient (Wildman–Crippen LogP) is 8.08. The van der Waals surface area contributed by atoms with E-state index in [1.165, 1.54) is 42.9 Å². The minimum atomic E-state index is -0.179. The SMILES string of the molecule is C=C(CC[C@@H](C)[C@H]1CC[C@@]2(C)C3=C(C(=O)C[C@]12C)[C@@]1(C)CC[C@H](OC(C)=O)[C@@H](C)[C@@H]1CC3)C(C)C. The van der Waals surface area contributed by atoms with Crippen LogP contribution in [0, 0.1) is 45.8 Å². The van der Waals surface area contributed by atoms with E-state index in [1.54, 1.807) is 0 Å². The number of carbonyl (C=O) groups excluding carboxylic acids is 2. The first-order chi connectivity index (χ1) is 16.3. The third kappa shape index (κ3) is 4.08. The molecule has 0 radical (unpaired) electrons. The second-order valence-electron chi connectivity index (χ2n) is 13.8. The van der Waals surface area contributed by atoms with Crippen molar-refractivity contribution in [2.75, 3.05) is 0 Å². The zero-order valence-corrected chi connectivity index (χ0v) is 23.8. The van der Waals surface area contributed by atoms with Gasteiger partial charge in [0.15, 0.2) is 5.78 Å². The Labute approximate surface area is 214 Å². The molecule has 3 heteroatoms. The molecular formula is C32H50O3. The summed E-state index contributed by atoms with van der Waals surface area (Å²) < 4.78 is 5.71. The number of esters is 1. The van der Waals surface area contributed by atoms with E-state index in [-0.39, 0.29) is 28.3 Å². The van der Waals surface area contributed by atoms with Gasteiger partial charge in [0.2, 0.25) is 0 Å². The normalized spacial score (nSPS) is 41.8. The molecule has 8 atom stereocenters. The second kappa shape index (κ2) is 9.18. The van der Waals surface area contributed by atoms with Gasteiger partial charge in [-0.3, -0.25) is 9.59 Å². The van der Waals surface area contributed by atoms with E-state index in [1.807, 2.05) is 0 Å². The first kappa shape index (κ1) is 26.7. The van der Waals surface area contributed by atoms with Gasteiger partial charge < -0.3 is 4.74 Å². The average Bonchev–Trinajstić information content (AvgIpc) is 3.04. The molecule has 4 rings (SSSR count). The van der Waals surface area contributed by atoms with Gasteiger partial charge in [0.05, 0.1) is 0 Å². The molecule has 0 amide bonds. The van der Waals surface area contributed by atoms with Crippen molar-refractivity contribution in [1.82, 2.24) is 0 Å². The van der Waals surface area contributed by atoms with Crippen LogP contribution in [0.2, 0.25) is 0 Å². The first-order valence-electron chi connectivity index (χ1n) is 14.4. The van der Waals surface area contributed by atoms with E-state index >= 15 is 0 Å². The smallest absolute Gasteiger partial charge is 0.302 e. The van der Waals surface area contributed by atoms with Crippen LogP contribution >= 0.6 is 0 Å². The summed E-state index contributed by atoms with van der Waals surface area (Å²) in [7, 11) is 0. The summed E-state index contributed by atoms with van der Waals surface area (Å²) in [5.74, 6) is 2.70. The molecule has 0 heterocycles. The second-order valence-corrected chi connectivity index (χ2v) is 13.8. The molecule has 0 aliphatic heterocycles. The third-order valence-electron chi connectivity index (χ3n) is 11.8. The number of allylic oxidation sites excluding steroid dienone is 3. The van der Waals surface area contributed by atoms with Crippen molar-refractivity contribution in [3.63, 3.8) is 0 Å². The molecule has 0 bridgehead atoms. The van der Waals surface area contributed by atoms with Crippen LogP contribution in [0.25, 0.3) is 0 Å². The molecule has 3 nitrogen and oxygen atoms in total. The van der Waals surface area contributed by atoms with Crippen LogP contribution in [0.5, 0.6) is 0 Å². The lowest BCUT2D eigenvalue weighted by Gasteiger charge is -2.59. The highest BCUT2D eigenvalue weighted by atomic mass is 16.5. The average molecular weight is 483 g/mol. The third-order valence-corrected chi connectivity index (χ3v) is 11.8. The van der Waals surface area contributed by atoms with Crippen LogP contribution < -0.4 is 0 Å². The van der Waals surface area contributed by atoms with Crippen LogP contribution in [0.1, 0.15) is 113 Å². The largest absolute Gasteiger partial charge is 0.462 e. The van der Waals surface area contributed by atoms with Gasteiger partial charge >= 0.3 is 5.97 Å². The van der Waals surface area contributed by atoms with E-state index in [2.05, 4.69) is 55.0 Å². The number of hydrogen-bond acceptors (Lipinski definition) is 3. The Kier molecular flexibility index (Phi) is 6.99. The minimum absolute atomic E-state index is 0.00966. The highest BCUT2D eigenvalue weighted by molar-refractivity contribution is 5.99. The fourth-order valence-corrected chi connectivity index (χ4v) is 9.33. The van der Waals surface area contributed by atoms with E-state index in [9.17, 15) is 9.59 Å². The quantitative estimate of drug-likeness (QED) is 0.284. The van der Waals surface area contributed by atoms with E-state index in [4.69, 9.17) is 4.74 Å². The molecule has 196 valence electrons. The lowest BCUT2D eigenvalue weighted by atomic mass is 9.45. The van der Waals surface area contributed by atoms with Crippen molar-refractivity contribution < 1.29 is 14.3 Å². The van der Waals surface area contributed by atoms with Gasteiger partial charge in [-0.1, -0.05) is 66.2 Å². The van der Waals surface area contributed by atoms with E-state index in [0.717, 1.165) is 32.1 Å². The molecular weight excluding hydrogens is 432 g/mol. The molecule has 0 aromatic heterocycles. The molecule has 4 aliphatic carbocycles. The standard InChI is InChI=1S/C32H50O3/c1-19(2)20(3)10-11-21(4)24-14-17-31(8)26-13-12-25-22(5)28(35-23(6)33)15-16-30(25,7)29(26)27(34)18-32(24,31)9/h19,21-22,24-25,28H,3,10-18H2,1-2,4-9H3/t21-,22+,24-,25+,28+,30+,31+,32-/m1/s1. The monoisotopic (exact) mass is 482 g/mol. The summed E-state index contributed by atoms with van der Waals surface area (Å²) in [6.45, 7) is 22.3. The van der Waals surface area contributed by atoms with E-state index < -0.39 is 0 Å². The number of fused-ring (bicyclic) bond motifs is 4. The Balaban J connectivity index is 1.63.